The highest BCUT2D eigenvalue weighted by atomic mass is 16.5. The molecule has 0 spiro atoms. The van der Waals surface area contributed by atoms with Crippen molar-refractivity contribution in [3.05, 3.63) is 59.5 Å². The van der Waals surface area contributed by atoms with Crippen molar-refractivity contribution >= 4 is 11.2 Å². The number of benzene rings is 1. The van der Waals surface area contributed by atoms with Crippen LogP contribution in [-0.2, 0) is 11.3 Å². The van der Waals surface area contributed by atoms with Crippen molar-refractivity contribution in [2.24, 2.45) is 0 Å². The van der Waals surface area contributed by atoms with E-state index in [0.29, 0.717) is 0 Å². The third-order valence-electron chi connectivity index (χ3n) is 4.42. The summed E-state index contributed by atoms with van der Waals surface area (Å²) in [6.45, 7) is 3.73. The zero-order chi connectivity index (χ0) is 15.6. The Morgan fingerprint density at radius 3 is 3.00 bits per heavy atom. The summed E-state index contributed by atoms with van der Waals surface area (Å²) in [6, 6.07) is 12.6. The normalized spacial score (nSPS) is 18.4. The Morgan fingerprint density at radius 2 is 2.17 bits per heavy atom. The first kappa shape index (κ1) is 14.4. The van der Waals surface area contributed by atoms with Crippen LogP contribution in [0, 0.1) is 6.92 Å². The molecule has 3 aromatic rings. The number of rotatable bonds is 3. The predicted molar refractivity (Wildman–Crippen MR) is 90.4 cm³/mol. The predicted octanol–water partition coefficient (Wildman–Crippen LogP) is 4.03. The van der Waals surface area contributed by atoms with Crippen LogP contribution in [0.15, 0.2) is 42.6 Å². The monoisotopic (exact) mass is 307 g/mol. The molecule has 0 aliphatic carbocycles. The molecular weight excluding hydrogens is 286 g/mol. The number of hydrogen-bond donors (Lipinski definition) is 0. The van der Waals surface area contributed by atoms with Crippen LogP contribution in [0.3, 0.4) is 0 Å². The molecule has 4 heteroatoms. The smallest absolute Gasteiger partial charge is 0.160 e. The fourth-order valence-corrected chi connectivity index (χ4v) is 3.32. The minimum absolute atomic E-state index is 0.0859. The van der Waals surface area contributed by atoms with Crippen molar-refractivity contribution in [1.29, 1.82) is 0 Å². The maximum absolute atomic E-state index is 5.98. The molecule has 1 fully saturated rings. The molecule has 0 bridgehead atoms. The van der Waals surface area contributed by atoms with Crippen LogP contribution in [-0.4, -0.2) is 21.1 Å². The Kier molecular flexibility index (Phi) is 3.83. The van der Waals surface area contributed by atoms with Gasteiger partial charge in [-0.3, -0.25) is 0 Å². The van der Waals surface area contributed by atoms with Crippen LogP contribution in [0.25, 0.3) is 11.2 Å². The summed E-state index contributed by atoms with van der Waals surface area (Å²) in [4.78, 5) is 9.39. The first-order valence-electron chi connectivity index (χ1n) is 8.29. The van der Waals surface area contributed by atoms with Crippen LogP contribution in [0.4, 0.5) is 0 Å². The van der Waals surface area contributed by atoms with Gasteiger partial charge in [0.15, 0.2) is 5.65 Å². The van der Waals surface area contributed by atoms with Crippen LogP contribution in [0.2, 0.25) is 0 Å². The van der Waals surface area contributed by atoms with Crippen molar-refractivity contribution in [3.8, 4) is 0 Å². The second kappa shape index (κ2) is 6.13. The standard InChI is InChI=1S/C19H21N3O/c1-14-6-4-7-15(12-14)13-22-18-16(8-5-10-20-18)21-19(22)17-9-2-3-11-23-17/h4-8,10,12,17H,2-3,9,11,13H2,1H3. The maximum atomic E-state index is 5.98. The van der Waals surface area contributed by atoms with Gasteiger partial charge in [0.05, 0.1) is 6.54 Å². The molecule has 0 amide bonds. The fraction of sp³-hybridized carbons (Fsp3) is 0.368. The van der Waals surface area contributed by atoms with Gasteiger partial charge in [0.2, 0.25) is 0 Å². The van der Waals surface area contributed by atoms with Gasteiger partial charge in [-0.1, -0.05) is 29.8 Å². The van der Waals surface area contributed by atoms with Gasteiger partial charge in [-0.05, 0) is 43.9 Å². The van der Waals surface area contributed by atoms with Gasteiger partial charge >= 0.3 is 0 Å². The number of fused-ring (bicyclic) bond motifs is 1. The molecule has 1 saturated heterocycles. The molecule has 0 N–H and O–H groups in total. The lowest BCUT2D eigenvalue weighted by Gasteiger charge is -2.23. The summed E-state index contributed by atoms with van der Waals surface area (Å²) >= 11 is 0. The minimum Gasteiger partial charge on any atom is -0.370 e. The molecule has 0 saturated carbocycles. The summed E-state index contributed by atoms with van der Waals surface area (Å²) in [5.74, 6) is 1.01. The van der Waals surface area contributed by atoms with Crippen molar-refractivity contribution in [3.63, 3.8) is 0 Å². The van der Waals surface area contributed by atoms with E-state index >= 15 is 0 Å². The van der Waals surface area contributed by atoms with Crippen LogP contribution >= 0.6 is 0 Å². The Balaban J connectivity index is 1.79. The molecule has 1 atom stereocenters. The van der Waals surface area contributed by atoms with E-state index < -0.39 is 0 Å². The molecule has 1 aromatic carbocycles. The Morgan fingerprint density at radius 1 is 1.22 bits per heavy atom. The number of aromatic nitrogens is 3. The SMILES string of the molecule is Cc1cccc(Cn2c(C3CCCCO3)nc3cccnc32)c1. The van der Waals surface area contributed by atoms with E-state index in [0.717, 1.165) is 43.0 Å². The maximum Gasteiger partial charge on any atom is 0.160 e. The first-order chi connectivity index (χ1) is 11.3. The molecule has 2 aromatic heterocycles. The summed E-state index contributed by atoms with van der Waals surface area (Å²) in [5, 5.41) is 0. The lowest BCUT2D eigenvalue weighted by Crippen LogP contribution is -2.17. The topological polar surface area (TPSA) is 39.9 Å². The zero-order valence-corrected chi connectivity index (χ0v) is 13.4. The Bertz CT molecular complexity index is 818. The van der Waals surface area contributed by atoms with Crippen LogP contribution < -0.4 is 0 Å². The molecule has 1 aliphatic heterocycles. The second-order valence-electron chi connectivity index (χ2n) is 6.25. The van der Waals surface area contributed by atoms with E-state index in [2.05, 4.69) is 40.7 Å². The number of hydrogen-bond acceptors (Lipinski definition) is 3. The van der Waals surface area contributed by atoms with Gasteiger partial charge in [-0.15, -0.1) is 0 Å². The van der Waals surface area contributed by atoms with E-state index in [9.17, 15) is 0 Å². The molecule has 4 rings (SSSR count). The fourth-order valence-electron chi connectivity index (χ4n) is 3.32. The molecule has 118 valence electrons. The van der Waals surface area contributed by atoms with Gasteiger partial charge < -0.3 is 9.30 Å². The Labute approximate surface area is 136 Å². The molecule has 3 heterocycles. The number of pyridine rings is 1. The molecule has 1 unspecified atom stereocenters. The summed E-state index contributed by atoms with van der Waals surface area (Å²) in [5.41, 5.74) is 4.44. The Hall–Kier alpha value is -2.20. The van der Waals surface area contributed by atoms with Gasteiger partial charge in [-0.25, -0.2) is 9.97 Å². The zero-order valence-electron chi connectivity index (χ0n) is 13.4. The molecule has 23 heavy (non-hydrogen) atoms. The number of ether oxygens (including phenoxy) is 1. The average Bonchev–Trinajstić information content (AvgIpc) is 2.95. The van der Waals surface area contributed by atoms with Gasteiger partial charge in [0.1, 0.15) is 17.4 Å². The molecular formula is C19H21N3O. The highest BCUT2D eigenvalue weighted by Crippen LogP contribution is 2.30. The lowest BCUT2D eigenvalue weighted by molar-refractivity contribution is 0.00783. The van der Waals surface area contributed by atoms with Crippen molar-refractivity contribution in [1.82, 2.24) is 14.5 Å². The van der Waals surface area contributed by atoms with Gasteiger partial charge in [0, 0.05) is 12.8 Å². The van der Waals surface area contributed by atoms with Crippen LogP contribution in [0.5, 0.6) is 0 Å². The average molecular weight is 307 g/mol. The summed E-state index contributed by atoms with van der Waals surface area (Å²) in [6.07, 6.45) is 5.31. The quantitative estimate of drug-likeness (QED) is 0.733. The highest BCUT2D eigenvalue weighted by molar-refractivity contribution is 5.71. The molecule has 0 radical (unpaired) electrons. The first-order valence-corrected chi connectivity index (χ1v) is 8.29. The van der Waals surface area contributed by atoms with Crippen molar-refractivity contribution < 1.29 is 4.74 Å². The minimum atomic E-state index is 0.0859. The van der Waals surface area contributed by atoms with Gasteiger partial charge in [-0.2, -0.15) is 0 Å². The lowest BCUT2D eigenvalue weighted by atomic mass is 10.1. The summed E-state index contributed by atoms with van der Waals surface area (Å²) in [7, 11) is 0. The second-order valence-corrected chi connectivity index (χ2v) is 6.25. The molecule has 1 aliphatic rings. The van der Waals surface area contributed by atoms with Crippen molar-refractivity contribution in [2.45, 2.75) is 38.8 Å². The number of imidazole rings is 1. The third kappa shape index (κ3) is 2.86. The van der Waals surface area contributed by atoms with Gasteiger partial charge in [0.25, 0.3) is 0 Å². The van der Waals surface area contributed by atoms with E-state index in [-0.39, 0.29) is 6.10 Å². The van der Waals surface area contributed by atoms with E-state index in [1.807, 2.05) is 18.3 Å². The molecule has 4 nitrogen and oxygen atoms in total. The van der Waals surface area contributed by atoms with E-state index in [1.54, 1.807) is 0 Å². The summed E-state index contributed by atoms with van der Waals surface area (Å²) < 4.78 is 8.21. The number of aryl methyl sites for hydroxylation is 1. The van der Waals surface area contributed by atoms with E-state index in [4.69, 9.17) is 9.72 Å². The van der Waals surface area contributed by atoms with E-state index in [1.165, 1.54) is 17.5 Å². The third-order valence-corrected chi connectivity index (χ3v) is 4.42. The van der Waals surface area contributed by atoms with Crippen LogP contribution in [0.1, 0.15) is 42.3 Å². The van der Waals surface area contributed by atoms with Crippen molar-refractivity contribution in [2.75, 3.05) is 6.61 Å². The number of nitrogens with zero attached hydrogens (tertiary/aromatic N) is 3. The largest absolute Gasteiger partial charge is 0.370 e. The highest BCUT2D eigenvalue weighted by Gasteiger charge is 2.23.